The third-order valence-electron chi connectivity index (χ3n) is 3.38. The number of rotatable bonds is 7. The molecule has 3 aromatic rings. The molecule has 2 heterocycles. The molecule has 2 aromatic heterocycles. The van der Waals surface area contributed by atoms with E-state index in [2.05, 4.69) is 20.5 Å². The molecule has 0 aliphatic rings. The Morgan fingerprint density at radius 2 is 2.12 bits per heavy atom. The number of aromatic amines is 1. The normalized spacial score (nSPS) is 12.4. The van der Waals surface area contributed by atoms with Crippen molar-refractivity contribution < 1.29 is 4.79 Å². The number of amides is 1. The largest absolute Gasteiger partial charge is 0.350 e. The first kappa shape index (κ1) is 17.4. The molecule has 1 atom stereocenters. The van der Waals surface area contributed by atoms with Gasteiger partial charge in [-0.05, 0) is 30.0 Å². The van der Waals surface area contributed by atoms with Gasteiger partial charge in [-0.3, -0.25) is 9.89 Å². The van der Waals surface area contributed by atoms with Gasteiger partial charge >= 0.3 is 0 Å². The number of nitrogens with one attached hydrogen (secondary N) is 2. The lowest BCUT2D eigenvalue weighted by Gasteiger charge is -2.09. The number of thioether (sulfide) groups is 1. The highest BCUT2D eigenvalue weighted by Crippen LogP contribution is 2.20. The number of benzene rings is 1. The second-order valence-electron chi connectivity index (χ2n) is 5.30. The number of thiophene rings is 1. The van der Waals surface area contributed by atoms with E-state index in [0.29, 0.717) is 17.5 Å². The van der Waals surface area contributed by atoms with Crippen LogP contribution >= 0.6 is 23.1 Å². The summed E-state index contributed by atoms with van der Waals surface area (Å²) in [6, 6.07) is 14.0. The van der Waals surface area contributed by atoms with Gasteiger partial charge in [0.2, 0.25) is 11.1 Å². The van der Waals surface area contributed by atoms with Gasteiger partial charge in [0.15, 0.2) is 0 Å². The summed E-state index contributed by atoms with van der Waals surface area (Å²) in [5.41, 5.74) is 1.09. The monoisotopic (exact) mass is 370 g/mol. The minimum atomic E-state index is -0.262. The van der Waals surface area contributed by atoms with Crippen LogP contribution in [0, 0.1) is 0 Å². The molecule has 0 bridgehead atoms. The van der Waals surface area contributed by atoms with Crippen molar-refractivity contribution in [3.8, 4) is 0 Å². The van der Waals surface area contributed by atoms with Crippen molar-refractivity contribution in [1.82, 2.24) is 20.5 Å². The Labute approximate surface area is 154 Å². The average Bonchev–Trinajstić information content (AvgIpc) is 3.30. The second kappa shape index (κ2) is 8.64. The van der Waals surface area contributed by atoms with E-state index in [0.717, 1.165) is 10.4 Å². The summed E-state index contributed by atoms with van der Waals surface area (Å²) in [6.07, 6.45) is 3.83. The van der Waals surface area contributed by atoms with E-state index < -0.39 is 0 Å². The number of H-pyrrole nitrogens is 1. The molecule has 0 aliphatic heterocycles. The van der Waals surface area contributed by atoms with Crippen LogP contribution in [0.1, 0.15) is 23.2 Å². The van der Waals surface area contributed by atoms with Crippen LogP contribution in [0.3, 0.4) is 0 Å². The first-order valence-electron chi connectivity index (χ1n) is 7.83. The van der Waals surface area contributed by atoms with E-state index in [-0.39, 0.29) is 11.2 Å². The molecule has 0 aliphatic carbocycles. The molecule has 3 rings (SSSR count). The Bertz CT molecular complexity index is 828. The number of carbonyl (C=O) groups excluding carboxylic acids is 1. The van der Waals surface area contributed by atoms with Crippen molar-refractivity contribution in [2.24, 2.45) is 0 Å². The molecule has 1 amide bonds. The summed E-state index contributed by atoms with van der Waals surface area (Å²) in [7, 11) is 0. The fourth-order valence-corrected chi connectivity index (χ4v) is 3.47. The van der Waals surface area contributed by atoms with Crippen molar-refractivity contribution in [3.63, 3.8) is 0 Å². The topological polar surface area (TPSA) is 70.7 Å². The summed E-state index contributed by atoms with van der Waals surface area (Å²) in [5, 5.41) is 12.3. The van der Waals surface area contributed by atoms with E-state index in [4.69, 9.17) is 0 Å². The maximum atomic E-state index is 12.2. The summed E-state index contributed by atoms with van der Waals surface area (Å²) in [5.74, 6) is 0.641. The molecule has 25 heavy (non-hydrogen) atoms. The molecular weight excluding hydrogens is 352 g/mol. The maximum Gasteiger partial charge on any atom is 0.233 e. The van der Waals surface area contributed by atoms with Crippen LogP contribution in [-0.2, 0) is 11.3 Å². The number of hydrogen-bond donors (Lipinski definition) is 2. The molecule has 0 radical (unpaired) electrons. The van der Waals surface area contributed by atoms with Gasteiger partial charge in [0, 0.05) is 4.88 Å². The van der Waals surface area contributed by atoms with E-state index in [1.54, 1.807) is 11.3 Å². The Kier molecular flexibility index (Phi) is 6.03. The highest BCUT2D eigenvalue weighted by atomic mass is 32.2. The number of hydrogen-bond acceptors (Lipinski definition) is 5. The van der Waals surface area contributed by atoms with Crippen molar-refractivity contribution in [2.45, 2.75) is 23.9 Å². The lowest BCUT2D eigenvalue weighted by atomic mass is 10.2. The van der Waals surface area contributed by atoms with Gasteiger partial charge < -0.3 is 5.32 Å². The van der Waals surface area contributed by atoms with Crippen LogP contribution in [0.15, 0.2) is 53.0 Å². The van der Waals surface area contributed by atoms with Gasteiger partial charge in [-0.1, -0.05) is 54.2 Å². The van der Waals surface area contributed by atoms with Crippen molar-refractivity contribution in [1.29, 1.82) is 0 Å². The molecule has 128 valence electrons. The van der Waals surface area contributed by atoms with Crippen LogP contribution in [0.2, 0.25) is 0 Å². The van der Waals surface area contributed by atoms with Crippen molar-refractivity contribution >= 4 is 41.2 Å². The highest BCUT2D eigenvalue weighted by Gasteiger charge is 2.16. The molecule has 2 N–H and O–H groups in total. The average molecular weight is 371 g/mol. The minimum absolute atomic E-state index is 0.0235. The highest BCUT2D eigenvalue weighted by molar-refractivity contribution is 8.00. The third-order valence-corrected chi connectivity index (χ3v) is 5.22. The Morgan fingerprint density at radius 1 is 1.28 bits per heavy atom. The molecule has 1 unspecified atom stereocenters. The predicted octanol–water partition coefficient (Wildman–Crippen LogP) is 3.83. The molecular formula is C18H18N4OS2. The van der Waals surface area contributed by atoms with E-state index >= 15 is 0 Å². The molecule has 5 nitrogen and oxygen atoms in total. The first-order chi connectivity index (χ1) is 12.2. The van der Waals surface area contributed by atoms with Crippen LogP contribution < -0.4 is 5.32 Å². The van der Waals surface area contributed by atoms with Crippen LogP contribution in [0.5, 0.6) is 0 Å². The zero-order valence-corrected chi connectivity index (χ0v) is 15.3. The molecule has 0 saturated carbocycles. The number of carbonyl (C=O) groups is 1. The van der Waals surface area contributed by atoms with E-state index in [1.807, 2.05) is 66.9 Å². The summed E-state index contributed by atoms with van der Waals surface area (Å²) in [4.78, 5) is 17.7. The predicted molar refractivity (Wildman–Crippen MR) is 103 cm³/mol. The molecule has 0 saturated heterocycles. The zero-order chi connectivity index (χ0) is 17.5. The summed E-state index contributed by atoms with van der Waals surface area (Å²) < 4.78 is 0. The minimum Gasteiger partial charge on any atom is -0.350 e. The quantitative estimate of drug-likeness (QED) is 0.620. The van der Waals surface area contributed by atoms with Gasteiger partial charge in [0.1, 0.15) is 5.82 Å². The van der Waals surface area contributed by atoms with Crippen LogP contribution in [0.4, 0.5) is 0 Å². The maximum absolute atomic E-state index is 12.2. The lowest BCUT2D eigenvalue weighted by molar-refractivity contribution is -0.120. The second-order valence-corrected chi connectivity index (χ2v) is 7.64. The summed E-state index contributed by atoms with van der Waals surface area (Å²) >= 11 is 2.96. The lowest BCUT2D eigenvalue weighted by Crippen LogP contribution is -2.30. The molecule has 1 aromatic carbocycles. The fourth-order valence-electron chi connectivity index (χ4n) is 2.07. The number of aromatic nitrogens is 3. The summed E-state index contributed by atoms with van der Waals surface area (Å²) in [6.45, 7) is 2.41. The van der Waals surface area contributed by atoms with Crippen molar-refractivity contribution in [2.75, 3.05) is 0 Å². The Balaban J connectivity index is 1.51. The third kappa shape index (κ3) is 5.30. The van der Waals surface area contributed by atoms with Crippen LogP contribution in [0.25, 0.3) is 12.2 Å². The Morgan fingerprint density at radius 3 is 2.88 bits per heavy atom. The SMILES string of the molecule is CC(Sc1n[nH]c(/C=C/c2ccccc2)n1)C(=O)NCc1cccs1. The van der Waals surface area contributed by atoms with Gasteiger partial charge in [-0.15, -0.1) is 16.4 Å². The van der Waals surface area contributed by atoms with Gasteiger partial charge in [-0.2, -0.15) is 0 Å². The van der Waals surface area contributed by atoms with Crippen LogP contribution in [-0.4, -0.2) is 26.3 Å². The van der Waals surface area contributed by atoms with Crippen molar-refractivity contribution in [3.05, 3.63) is 64.1 Å². The molecule has 7 heteroatoms. The molecule has 0 spiro atoms. The smallest absolute Gasteiger partial charge is 0.233 e. The fraction of sp³-hybridized carbons (Fsp3) is 0.167. The van der Waals surface area contributed by atoms with Gasteiger partial charge in [-0.25, -0.2) is 4.98 Å². The molecule has 0 fully saturated rings. The zero-order valence-electron chi connectivity index (χ0n) is 13.7. The van der Waals surface area contributed by atoms with E-state index in [9.17, 15) is 4.79 Å². The van der Waals surface area contributed by atoms with Gasteiger partial charge in [0.25, 0.3) is 0 Å². The van der Waals surface area contributed by atoms with Gasteiger partial charge in [0.05, 0.1) is 11.8 Å². The number of nitrogens with zero attached hydrogens (tertiary/aromatic N) is 2. The van der Waals surface area contributed by atoms with E-state index in [1.165, 1.54) is 11.8 Å². The first-order valence-corrected chi connectivity index (χ1v) is 9.59. The standard InChI is InChI=1S/C18H18N4OS2/c1-13(17(23)19-12-15-8-5-11-24-15)25-18-20-16(21-22-18)10-9-14-6-3-2-4-7-14/h2-11,13H,12H2,1H3,(H,19,23)(H,20,21,22)/b10-9+. The Hall–Kier alpha value is -2.38.